The number of amides is 2. The number of hydrogen-bond donors (Lipinski definition) is 1. The van der Waals surface area contributed by atoms with Gasteiger partial charge in [-0.2, -0.15) is 0 Å². The first-order chi connectivity index (χ1) is 11.7. The smallest absolute Gasteiger partial charge is 0.254 e. The highest BCUT2D eigenvalue weighted by atomic mass is 19.2. The van der Waals surface area contributed by atoms with Gasteiger partial charge in [-0.05, 0) is 49.2 Å². The van der Waals surface area contributed by atoms with Crippen molar-refractivity contribution in [3.8, 4) is 0 Å². The van der Waals surface area contributed by atoms with E-state index in [-0.39, 0.29) is 11.8 Å². The number of rotatable bonds is 4. The van der Waals surface area contributed by atoms with Gasteiger partial charge in [0.1, 0.15) is 0 Å². The Bertz CT molecular complexity index is 821. The standard InChI is InChI=1S/C19H20F2N2O2/c1-11-5-6-15(10-18(11)22-13(3)24)19(25)23(4)12(2)14-7-8-16(20)17(21)9-14/h5-10,12H,1-4H3,(H,22,24). The average molecular weight is 346 g/mol. The fourth-order valence-electron chi connectivity index (χ4n) is 2.45. The van der Waals surface area contributed by atoms with Gasteiger partial charge in [-0.3, -0.25) is 9.59 Å². The van der Waals surface area contributed by atoms with Crippen LogP contribution in [0, 0.1) is 18.6 Å². The first kappa shape index (κ1) is 18.6. The van der Waals surface area contributed by atoms with Crippen LogP contribution in [0.4, 0.5) is 14.5 Å². The van der Waals surface area contributed by atoms with Crippen molar-refractivity contribution >= 4 is 17.5 Å². The Balaban J connectivity index is 2.26. The van der Waals surface area contributed by atoms with Gasteiger partial charge in [-0.25, -0.2) is 8.78 Å². The number of anilines is 1. The molecular formula is C19H20F2N2O2. The van der Waals surface area contributed by atoms with Crippen LogP contribution in [-0.4, -0.2) is 23.8 Å². The number of aryl methyl sites for hydroxylation is 1. The van der Waals surface area contributed by atoms with Crippen molar-refractivity contribution in [3.05, 3.63) is 64.7 Å². The molecule has 0 heterocycles. The van der Waals surface area contributed by atoms with Crippen molar-refractivity contribution in [1.29, 1.82) is 0 Å². The second-order valence-electron chi connectivity index (χ2n) is 5.98. The lowest BCUT2D eigenvalue weighted by molar-refractivity contribution is -0.114. The van der Waals surface area contributed by atoms with Gasteiger partial charge in [0.15, 0.2) is 11.6 Å². The Labute approximate surface area is 145 Å². The van der Waals surface area contributed by atoms with Gasteiger partial charge in [0.25, 0.3) is 5.91 Å². The van der Waals surface area contributed by atoms with Crippen molar-refractivity contribution in [3.63, 3.8) is 0 Å². The quantitative estimate of drug-likeness (QED) is 0.907. The van der Waals surface area contributed by atoms with Crippen LogP contribution < -0.4 is 5.32 Å². The lowest BCUT2D eigenvalue weighted by Crippen LogP contribution is -2.30. The first-order valence-corrected chi connectivity index (χ1v) is 7.81. The van der Waals surface area contributed by atoms with Crippen LogP contribution >= 0.6 is 0 Å². The van der Waals surface area contributed by atoms with E-state index in [1.165, 1.54) is 17.9 Å². The summed E-state index contributed by atoms with van der Waals surface area (Å²) in [6.45, 7) is 4.95. The highest BCUT2D eigenvalue weighted by Crippen LogP contribution is 2.24. The largest absolute Gasteiger partial charge is 0.335 e. The zero-order chi connectivity index (χ0) is 18.7. The maximum Gasteiger partial charge on any atom is 0.254 e. The molecule has 1 N–H and O–H groups in total. The summed E-state index contributed by atoms with van der Waals surface area (Å²) >= 11 is 0. The second-order valence-corrected chi connectivity index (χ2v) is 5.98. The Morgan fingerprint density at radius 1 is 1.08 bits per heavy atom. The SMILES string of the molecule is CC(=O)Nc1cc(C(=O)N(C)C(C)c2ccc(F)c(F)c2)ccc1C. The van der Waals surface area contributed by atoms with Gasteiger partial charge in [0.2, 0.25) is 5.91 Å². The molecule has 0 radical (unpaired) electrons. The lowest BCUT2D eigenvalue weighted by Gasteiger charge is -2.26. The average Bonchev–Trinajstić information content (AvgIpc) is 2.57. The molecule has 0 spiro atoms. The number of nitrogens with zero attached hydrogens (tertiary/aromatic N) is 1. The minimum Gasteiger partial charge on any atom is -0.335 e. The van der Waals surface area contributed by atoms with E-state index in [1.54, 1.807) is 32.2 Å². The van der Waals surface area contributed by atoms with E-state index in [4.69, 9.17) is 0 Å². The number of halogens is 2. The first-order valence-electron chi connectivity index (χ1n) is 7.81. The predicted octanol–water partition coefficient (Wildman–Crippen LogP) is 4.06. The minimum atomic E-state index is -0.950. The third kappa shape index (κ3) is 4.21. The van der Waals surface area contributed by atoms with E-state index in [0.717, 1.165) is 17.7 Å². The minimum absolute atomic E-state index is 0.226. The number of hydrogen-bond acceptors (Lipinski definition) is 2. The summed E-state index contributed by atoms with van der Waals surface area (Å²) in [5.74, 6) is -2.39. The molecule has 1 atom stereocenters. The summed E-state index contributed by atoms with van der Waals surface area (Å²) in [6.07, 6.45) is 0. The van der Waals surface area contributed by atoms with Crippen molar-refractivity contribution in [1.82, 2.24) is 4.90 Å². The Morgan fingerprint density at radius 2 is 1.76 bits per heavy atom. The van der Waals surface area contributed by atoms with Crippen LogP contribution in [0.5, 0.6) is 0 Å². The Morgan fingerprint density at radius 3 is 2.36 bits per heavy atom. The van der Waals surface area contributed by atoms with Crippen LogP contribution in [0.15, 0.2) is 36.4 Å². The summed E-state index contributed by atoms with van der Waals surface area (Å²) in [7, 11) is 1.59. The molecule has 0 saturated carbocycles. The summed E-state index contributed by atoms with van der Waals surface area (Å²) in [5.41, 5.74) is 2.28. The summed E-state index contributed by atoms with van der Waals surface area (Å²) in [4.78, 5) is 25.4. The molecule has 6 heteroatoms. The fourth-order valence-corrected chi connectivity index (χ4v) is 2.45. The molecule has 0 bridgehead atoms. The van der Waals surface area contributed by atoms with Gasteiger partial charge >= 0.3 is 0 Å². The molecular weight excluding hydrogens is 326 g/mol. The normalized spacial score (nSPS) is 11.8. The van der Waals surface area contributed by atoms with Gasteiger partial charge < -0.3 is 10.2 Å². The van der Waals surface area contributed by atoms with Crippen LogP contribution in [-0.2, 0) is 4.79 Å². The van der Waals surface area contributed by atoms with Gasteiger partial charge in [-0.1, -0.05) is 12.1 Å². The molecule has 0 aromatic heterocycles. The monoisotopic (exact) mass is 346 g/mol. The third-order valence-corrected chi connectivity index (χ3v) is 4.12. The lowest BCUT2D eigenvalue weighted by atomic mass is 10.0. The van der Waals surface area contributed by atoms with Gasteiger partial charge in [0.05, 0.1) is 6.04 Å². The van der Waals surface area contributed by atoms with E-state index in [1.807, 2.05) is 6.92 Å². The zero-order valence-electron chi connectivity index (χ0n) is 14.6. The second kappa shape index (κ2) is 7.42. The molecule has 0 fully saturated rings. The van der Waals surface area contributed by atoms with E-state index in [9.17, 15) is 18.4 Å². The summed E-state index contributed by atoms with van der Waals surface area (Å²) < 4.78 is 26.5. The summed E-state index contributed by atoms with van der Waals surface area (Å²) in [5, 5.41) is 2.68. The molecule has 0 aliphatic rings. The molecule has 0 aliphatic carbocycles. The molecule has 2 rings (SSSR count). The van der Waals surface area contributed by atoms with Gasteiger partial charge in [-0.15, -0.1) is 0 Å². The number of nitrogens with one attached hydrogen (secondary N) is 1. The number of carbonyl (C=O) groups excluding carboxylic acids is 2. The summed E-state index contributed by atoms with van der Waals surface area (Å²) in [6, 6.07) is 8.14. The predicted molar refractivity (Wildman–Crippen MR) is 92.3 cm³/mol. The molecule has 0 aliphatic heterocycles. The van der Waals surface area contributed by atoms with Crippen LogP contribution in [0.3, 0.4) is 0 Å². The van der Waals surface area contributed by atoms with E-state index in [2.05, 4.69) is 5.32 Å². The molecule has 25 heavy (non-hydrogen) atoms. The van der Waals surface area contributed by atoms with E-state index >= 15 is 0 Å². The highest BCUT2D eigenvalue weighted by Gasteiger charge is 2.20. The molecule has 0 saturated heterocycles. The third-order valence-electron chi connectivity index (χ3n) is 4.12. The maximum atomic E-state index is 13.4. The van der Waals surface area contributed by atoms with E-state index in [0.29, 0.717) is 16.8 Å². The molecule has 4 nitrogen and oxygen atoms in total. The molecule has 132 valence electrons. The van der Waals surface area contributed by atoms with Crippen molar-refractivity contribution < 1.29 is 18.4 Å². The highest BCUT2D eigenvalue weighted by molar-refractivity contribution is 5.97. The molecule has 1 unspecified atom stereocenters. The van der Waals surface area contributed by atoms with Crippen molar-refractivity contribution in [2.45, 2.75) is 26.8 Å². The van der Waals surface area contributed by atoms with E-state index < -0.39 is 17.7 Å². The fraction of sp³-hybridized carbons (Fsp3) is 0.263. The van der Waals surface area contributed by atoms with Crippen molar-refractivity contribution in [2.24, 2.45) is 0 Å². The van der Waals surface area contributed by atoms with Crippen LogP contribution in [0.2, 0.25) is 0 Å². The van der Waals surface area contributed by atoms with Crippen LogP contribution in [0.25, 0.3) is 0 Å². The Hall–Kier alpha value is -2.76. The van der Waals surface area contributed by atoms with Crippen molar-refractivity contribution in [2.75, 3.05) is 12.4 Å². The Kier molecular flexibility index (Phi) is 5.51. The molecule has 2 aromatic carbocycles. The maximum absolute atomic E-state index is 13.4. The molecule has 2 aromatic rings. The zero-order valence-corrected chi connectivity index (χ0v) is 14.6. The number of benzene rings is 2. The van der Waals surface area contributed by atoms with Crippen LogP contribution in [0.1, 0.15) is 41.4 Å². The molecule has 2 amide bonds. The van der Waals surface area contributed by atoms with Gasteiger partial charge in [0, 0.05) is 25.2 Å². The number of carbonyl (C=O) groups is 2. The topological polar surface area (TPSA) is 49.4 Å².